The molecule has 0 bridgehead atoms. The summed E-state index contributed by atoms with van der Waals surface area (Å²) in [4.78, 5) is 12.6. The molecule has 23 heavy (non-hydrogen) atoms. The maximum absolute atomic E-state index is 12.6. The first-order valence-corrected chi connectivity index (χ1v) is 7.44. The van der Waals surface area contributed by atoms with E-state index in [0.29, 0.717) is 0 Å². The van der Waals surface area contributed by atoms with Crippen LogP contribution in [0.4, 0.5) is 0 Å². The van der Waals surface area contributed by atoms with Crippen LogP contribution in [0.5, 0.6) is 5.75 Å². The van der Waals surface area contributed by atoms with E-state index < -0.39 is 0 Å². The Balaban J connectivity index is 1.94. The molecule has 0 unspecified atom stereocenters. The average Bonchev–Trinajstić information content (AvgIpc) is 2.61. The van der Waals surface area contributed by atoms with Gasteiger partial charge < -0.3 is 10.4 Å². The van der Waals surface area contributed by atoms with Gasteiger partial charge in [0.25, 0.3) is 5.91 Å². The lowest BCUT2D eigenvalue weighted by Crippen LogP contribution is -2.29. The van der Waals surface area contributed by atoms with Gasteiger partial charge in [-0.1, -0.05) is 72.8 Å². The smallest absolute Gasteiger partial charge is 0.255 e. The van der Waals surface area contributed by atoms with Crippen LogP contribution in [0.1, 0.15) is 27.5 Å². The highest BCUT2D eigenvalue weighted by Crippen LogP contribution is 2.23. The summed E-state index contributed by atoms with van der Waals surface area (Å²) in [6.45, 7) is 0. The van der Waals surface area contributed by atoms with Crippen molar-refractivity contribution in [3.63, 3.8) is 0 Å². The first-order valence-electron chi connectivity index (χ1n) is 7.44. The number of amides is 1. The first kappa shape index (κ1) is 14.9. The molecule has 114 valence electrons. The minimum Gasteiger partial charge on any atom is -0.507 e. The van der Waals surface area contributed by atoms with Gasteiger partial charge in [-0.05, 0) is 23.3 Å². The molecule has 0 aliphatic heterocycles. The fourth-order valence-corrected chi connectivity index (χ4v) is 2.52. The summed E-state index contributed by atoms with van der Waals surface area (Å²) >= 11 is 0. The van der Waals surface area contributed by atoms with Crippen LogP contribution in [0.15, 0.2) is 84.9 Å². The van der Waals surface area contributed by atoms with Crippen LogP contribution in [-0.2, 0) is 0 Å². The van der Waals surface area contributed by atoms with Crippen molar-refractivity contribution in [3.05, 3.63) is 102 Å². The van der Waals surface area contributed by atoms with Crippen molar-refractivity contribution in [1.29, 1.82) is 0 Å². The molecule has 0 saturated heterocycles. The fraction of sp³-hybridized carbons (Fsp3) is 0.0500. The Labute approximate surface area is 135 Å². The van der Waals surface area contributed by atoms with Crippen LogP contribution in [0.25, 0.3) is 0 Å². The molecule has 0 aliphatic carbocycles. The van der Waals surface area contributed by atoms with Crippen molar-refractivity contribution in [2.75, 3.05) is 0 Å². The third-order valence-corrected chi connectivity index (χ3v) is 3.69. The largest absolute Gasteiger partial charge is 0.507 e. The molecule has 3 nitrogen and oxygen atoms in total. The van der Waals surface area contributed by atoms with Gasteiger partial charge in [-0.15, -0.1) is 0 Å². The second kappa shape index (κ2) is 6.79. The van der Waals surface area contributed by atoms with E-state index in [4.69, 9.17) is 0 Å². The van der Waals surface area contributed by atoms with Gasteiger partial charge in [-0.2, -0.15) is 0 Å². The number of hydrogen-bond donors (Lipinski definition) is 2. The molecule has 0 spiro atoms. The monoisotopic (exact) mass is 303 g/mol. The van der Waals surface area contributed by atoms with Gasteiger partial charge in [-0.25, -0.2) is 0 Å². The number of hydrogen-bond acceptors (Lipinski definition) is 2. The number of nitrogens with one attached hydrogen (secondary N) is 1. The van der Waals surface area contributed by atoms with E-state index in [1.54, 1.807) is 18.2 Å². The molecule has 1 amide bonds. The predicted molar refractivity (Wildman–Crippen MR) is 90.3 cm³/mol. The lowest BCUT2D eigenvalue weighted by Gasteiger charge is -2.20. The van der Waals surface area contributed by atoms with Crippen molar-refractivity contribution in [3.8, 4) is 5.75 Å². The van der Waals surface area contributed by atoms with E-state index in [1.165, 1.54) is 6.07 Å². The Morgan fingerprint density at radius 1 is 0.739 bits per heavy atom. The molecule has 0 heterocycles. The third-order valence-electron chi connectivity index (χ3n) is 3.69. The summed E-state index contributed by atoms with van der Waals surface area (Å²) < 4.78 is 0. The van der Waals surface area contributed by atoms with Gasteiger partial charge in [0, 0.05) is 0 Å². The number of rotatable bonds is 4. The van der Waals surface area contributed by atoms with Crippen LogP contribution in [0, 0.1) is 0 Å². The highest BCUT2D eigenvalue weighted by molar-refractivity contribution is 5.97. The standard InChI is InChI=1S/C20H17NO2/c22-18-14-8-7-13-17(18)20(23)21-19(15-9-3-1-4-10-15)16-11-5-2-6-12-16/h1-14,19,22H,(H,21,23). The van der Waals surface area contributed by atoms with Crippen LogP contribution in [0.3, 0.4) is 0 Å². The zero-order valence-electron chi connectivity index (χ0n) is 12.5. The number of benzene rings is 3. The van der Waals surface area contributed by atoms with Gasteiger partial charge >= 0.3 is 0 Å². The maximum Gasteiger partial charge on any atom is 0.255 e. The molecular weight excluding hydrogens is 286 g/mol. The summed E-state index contributed by atoms with van der Waals surface area (Å²) in [5.41, 5.74) is 2.24. The number of phenolic OH excluding ortho intramolecular Hbond substituents is 1. The van der Waals surface area contributed by atoms with Gasteiger partial charge in [0.15, 0.2) is 0 Å². The Morgan fingerprint density at radius 2 is 1.22 bits per heavy atom. The van der Waals surface area contributed by atoms with Crippen LogP contribution in [-0.4, -0.2) is 11.0 Å². The topological polar surface area (TPSA) is 49.3 Å². The molecule has 0 aromatic heterocycles. The van der Waals surface area contributed by atoms with Gasteiger partial charge in [-0.3, -0.25) is 4.79 Å². The third kappa shape index (κ3) is 3.40. The van der Waals surface area contributed by atoms with Crippen molar-refractivity contribution in [1.82, 2.24) is 5.32 Å². The Bertz CT molecular complexity index is 746. The van der Waals surface area contributed by atoms with E-state index in [1.807, 2.05) is 60.7 Å². The summed E-state index contributed by atoms with van der Waals surface area (Å²) in [6.07, 6.45) is 0. The molecule has 0 atom stereocenters. The van der Waals surface area contributed by atoms with Crippen molar-refractivity contribution < 1.29 is 9.90 Å². The van der Waals surface area contributed by atoms with Gasteiger partial charge in [0.2, 0.25) is 0 Å². The van der Waals surface area contributed by atoms with Gasteiger partial charge in [0.05, 0.1) is 11.6 Å². The molecule has 0 radical (unpaired) electrons. The number of aromatic hydroxyl groups is 1. The molecule has 2 N–H and O–H groups in total. The first-order chi connectivity index (χ1) is 11.3. The Kier molecular flexibility index (Phi) is 4.39. The number of carbonyl (C=O) groups is 1. The van der Waals surface area contributed by atoms with E-state index in [9.17, 15) is 9.90 Å². The number of carbonyl (C=O) groups excluding carboxylic acids is 1. The van der Waals surface area contributed by atoms with Gasteiger partial charge in [0.1, 0.15) is 5.75 Å². The van der Waals surface area contributed by atoms with E-state index in [0.717, 1.165) is 11.1 Å². The molecule has 3 rings (SSSR count). The Hall–Kier alpha value is -3.07. The van der Waals surface area contributed by atoms with E-state index in [2.05, 4.69) is 5.32 Å². The normalized spacial score (nSPS) is 10.5. The minimum absolute atomic E-state index is 0.0233. The van der Waals surface area contributed by atoms with E-state index >= 15 is 0 Å². The number of phenols is 1. The molecule has 3 heteroatoms. The summed E-state index contributed by atoms with van der Waals surface area (Å²) in [7, 11) is 0. The number of para-hydroxylation sites is 1. The molecule has 3 aromatic carbocycles. The average molecular weight is 303 g/mol. The Morgan fingerprint density at radius 3 is 1.74 bits per heavy atom. The quantitative estimate of drug-likeness (QED) is 0.767. The predicted octanol–water partition coefficient (Wildman–Crippen LogP) is 3.91. The lowest BCUT2D eigenvalue weighted by molar-refractivity contribution is 0.0940. The lowest BCUT2D eigenvalue weighted by atomic mass is 9.98. The van der Waals surface area contributed by atoms with Crippen LogP contribution >= 0.6 is 0 Å². The minimum atomic E-state index is -0.305. The van der Waals surface area contributed by atoms with Crippen LogP contribution in [0.2, 0.25) is 0 Å². The fourth-order valence-electron chi connectivity index (χ4n) is 2.52. The zero-order valence-corrected chi connectivity index (χ0v) is 12.5. The van der Waals surface area contributed by atoms with E-state index in [-0.39, 0.29) is 23.3 Å². The molecule has 0 fully saturated rings. The highest BCUT2D eigenvalue weighted by Gasteiger charge is 2.19. The SMILES string of the molecule is O=C(NC(c1ccccc1)c1ccccc1)c1ccccc1O. The van der Waals surface area contributed by atoms with Crippen molar-refractivity contribution in [2.45, 2.75) is 6.04 Å². The molecular formula is C20H17NO2. The van der Waals surface area contributed by atoms with Crippen LogP contribution < -0.4 is 5.32 Å². The second-order valence-corrected chi connectivity index (χ2v) is 5.24. The molecule has 0 saturated carbocycles. The van der Waals surface area contributed by atoms with Crippen molar-refractivity contribution >= 4 is 5.91 Å². The summed E-state index contributed by atoms with van der Waals surface area (Å²) in [6, 6.07) is 25.8. The second-order valence-electron chi connectivity index (χ2n) is 5.24. The molecule has 3 aromatic rings. The zero-order chi connectivity index (χ0) is 16.1. The molecule has 0 aliphatic rings. The maximum atomic E-state index is 12.6. The van der Waals surface area contributed by atoms with Crippen molar-refractivity contribution in [2.24, 2.45) is 0 Å². The highest BCUT2D eigenvalue weighted by atomic mass is 16.3. The summed E-state index contributed by atoms with van der Waals surface area (Å²) in [5.74, 6) is -0.328. The summed E-state index contributed by atoms with van der Waals surface area (Å²) in [5, 5.41) is 12.9.